The number of nitrogens with one attached hydrogen (secondary N) is 1. The van der Waals surface area contributed by atoms with Gasteiger partial charge in [0.15, 0.2) is 0 Å². The maximum atomic E-state index is 12.8. The van der Waals surface area contributed by atoms with Crippen LogP contribution in [0.4, 0.5) is 13.2 Å². The quantitative estimate of drug-likeness (QED) is 0.245. The van der Waals surface area contributed by atoms with Crippen LogP contribution in [-0.4, -0.2) is 23.3 Å². The van der Waals surface area contributed by atoms with Gasteiger partial charge < -0.3 is 14.4 Å². The van der Waals surface area contributed by atoms with Crippen molar-refractivity contribution in [1.29, 1.82) is 0 Å². The molecule has 0 fully saturated rings. The van der Waals surface area contributed by atoms with E-state index in [0.717, 1.165) is 29.0 Å². The topological polar surface area (TPSA) is 67.5 Å². The molecular formula is C27H27F3N2O3. The zero-order chi connectivity index (χ0) is 25.3. The largest absolute Gasteiger partial charge is 0.493 e. The monoisotopic (exact) mass is 484 g/mol. The lowest BCUT2D eigenvalue weighted by Crippen LogP contribution is -2.04. The van der Waals surface area contributed by atoms with E-state index in [4.69, 9.17) is 14.4 Å². The number of hydroxylamine groups is 1. The Labute approximate surface area is 202 Å². The molecule has 0 radical (unpaired) electrons. The molecule has 0 amide bonds. The minimum atomic E-state index is -4.38. The zero-order valence-corrected chi connectivity index (χ0v) is 19.5. The first-order valence-corrected chi connectivity index (χ1v) is 11.0. The van der Waals surface area contributed by atoms with Crippen LogP contribution in [0.2, 0.25) is 0 Å². The van der Waals surface area contributed by atoms with Gasteiger partial charge in [-0.25, -0.2) is 10.5 Å². The first-order valence-electron chi connectivity index (χ1n) is 11.0. The summed E-state index contributed by atoms with van der Waals surface area (Å²) in [6.07, 6.45) is 5.55. The number of hydrogen-bond acceptors (Lipinski definition) is 5. The van der Waals surface area contributed by atoms with Crippen LogP contribution < -0.4 is 10.2 Å². The van der Waals surface area contributed by atoms with E-state index in [1.165, 1.54) is 12.1 Å². The van der Waals surface area contributed by atoms with Crippen LogP contribution in [0.5, 0.6) is 5.75 Å². The smallest absolute Gasteiger partial charge is 0.416 e. The van der Waals surface area contributed by atoms with E-state index in [9.17, 15) is 13.2 Å². The molecule has 0 spiro atoms. The third kappa shape index (κ3) is 7.70. The van der Waals surface area contributed by atoms with Crippen molar-refractivity contribution in [2.45, 2.75) is 26.4 Å². The number of allylic oxidation sites excluding steroid dienone is 5. The maximum Gasteiger partial charge on any atom is 0.416 e. The van der Waals surface area contributed by atoms with Crippen LogP contribution in [0.3, 0.4) is 0 Å². The van der Waals surface area contributed by atoms with E-state index < -0.39 is 11.7 Å². The van der Waals surface area contributed by atoms with Gasteiger partial charge >= 0.3 is 6.18 Å². The Bertz CT molecular complexity index is 1180. The van der Waals surface area contributed by atoms with Crippen molar-refractivity contribution < 1.29 is 27.5 Å². The van der Waals surface area contributed by atoms with Crippen LogP contribution >= 0.6 is 0 Å². The van der Waals surface area contributed by atoms with Crippen LogP contribution in [0.25, 0.3) is 17.0 Å². The van der Waals surface area contributed by atoms with Gasteiger partial charge in [-0.15, -0.1) is 0 Å². The van der Waals surface area contributed by atoms with Crippen LogP contribution in [0.1, 0.15) is 29.5 Å². The zero-order valence-electron chi connectivity index (χ0n) is 19.5. The summed E-state index contributed by atoms with van der Waals surface area (Å²) in [5.41, 5.74) is 4.68. The number of ether oxygens (including phenoxy) is 1. The van der Waals surface area contributed by atoms with Crippen molar-refractivity contribution in [2.24, 2.45) is 0 Å². The lowest BCUT2D eigenvalue weighted by atomic mass is 10.1. The van der Waals surface area contributed by atoms with E-state index >= 15 is 0 Å². The number of oxazole rings is 1. The van der Waals surface area contributed by atoms with Crippen molar-refractivity contribution in [3.8, 4) is 17.2 Å². The molecule has 2 N–H and O–H groups in total. The molecule has 0 aliphatic rings. The Hall–Kier alpha value is -3.62. The Balaban J connectivity index is 1.54. The second kappa shape index (κ2) is 12.2. The molecule has 0 bridgehead atoms. The van der Waals surface area contributed by atoms with Gasteiger partial charge in [-0.3, -0.25) is 0 Å². The van der Waals surface area contributed by atoms with Gasteiger partial charge in [-0.1, -0.05) is 42.5 Å². The molecule has 1 heterocycles. The summed E-state index contributed by atoms with van der Waals surface area (Å²) >= 11 is 0. The summed E-state index contributed by atoms with van der Waals surface area (Å²) in [5.74, 6) is 1.61. The van der Waals surface area contributed by atoms with E-state index in [-0.39, 0.29) is 5.89 Å². The number of rotatable bonds is 10. The van der Waals surface area contributed by atoms with Gasteiger partial charge in [-0.2, -0.15) is 13.2 Å². The maximum absolute atomic E-state index is 12.8. The molecule has 0 saturated carbocycles. The highest BCUT2D eigenvalue weighted by molar-refractivity contribution is 5.65. The third-order valence-corrected chi connectivity index (χ3v) is 5.18. The summed E-state index contributed by atoms with van der Waals surface area (Å²) in [6.45, 7) is 4.56. The fourth-order valence-electron chi connectivity index (χ4n) is 3.22. The minimum Gasteiger partial charge on any atom is -0.493 e. The summed E-state index contributed by atoms with van der Waals surface area (Å²) in [4.78, 5) is 4.43. The van der Waals surface area contributed by atoms with Crippen molar-refractivity contribution in [3.05, 3.63) is 101 Å². The van der Waals surface area contributed by atoms with Gasteiger partial charge in [0.2, 0.25) is 5.89 Å². The van der Waals surface area contributed by atoms with Crippen LogP contribution in [0, 0.1) is 6.92 Å². The van der Waals surface area contributed by atoms with E-state index in [0.29, 0.717) is 36.6 Å². The summed E-state index contributed by atoms with van der Waals surface area (Å²) in [5, 5.41) is 8.49. The predicted molar refractivity (Wildman–Crippen MR) is 129 cm³/mol. The summed E-state index contributed by atoms with van der Waals surface area (Å²) < 4.78 is 49.8. The molecule has 2 aromatic carbocycles. The highest BCUT2D eigenvalue weighted by atomic mass is 19.4. The van der Waals surface area contributed by atoms with Gasteiger partial charge in [0.05, 0.1) is 17.9 Å². The molecular weight excluding hydrogens is 457 g/mol. The molecule has 8 heteroatoms. The molecule has 0 aliphatic heterocycles. The third-order valence-electron chi connectivity index (χ3n) is 5.18. The Morgan fingerprint density at radius 3 is 2.43 bits per heavy atom. The Morgan fingerprint density at radius 1 is 1.06 bits per heavy atom. The molecule has 35 heavy (non-hydrogen) atoms. The molecule has 184 valence electrons. The van der Waals surface area contributed by atoms with Crippen molar-refractivity contribution >= 4 is 5.57 Å². The lowest BCUT2D eigenvalue weighted by Gasteiger charge is -2.07. The average Bonchev–Trinajstić information content (AvgIpc) is 3.21. The highest BCUT2D eigenvalue weighted by Crippen LogP contribution is 2.31. The number of aryl methyl sites for hydroxylation is 1. The highest BCUT2D eigenvalue weighted by Gasteiger charge is 2.30. The molecule has 1 aromatic heterocycles. The summed E-state index contributed by atoms with van der Waals surface area (Å²) in [7, 11) is 0. The number of hydrogen-bond donors (Lipinski definition) is 2. The van der Waals surface area contributed by atoms with Gasteiger partial charge in [-0.05, 0) is 61.4 Å². The van der Waals surface area contributed by atoms with Gasteiger partial charge in [0.1, 0.15) is 11.5 Å². The molecule has 0 atom stereocenters. The molecule has 3 aromatic rings. The van der Waals surface area contributed by atoms with Gasteiger partial charge in [0, 0.05) is 18.5 Å². The fourth-order valence-corrected chi connectivity index (χ4v) is 3.22. The number of nitrogens with zero attached hydrogens (tertiary/aromatic N) is 1. The number of halogens is 3. The Kier molecular flexibility index (Phi) is 9.05. The van der Waals surface area contributed by atoms with E-state index in [2.05, 4.69) is 10.5 Å². The number of aromatic nitrogens is 1. The Morgan fingerprint density at radius 2 is 1.77 bits per heavy atom. The lowest BCUT2D eigenvalue weighted by molar-refractivity contribution is -0.137. The standard InChI is InChI=1S/C27H27F3N2O3/c1-19(7-5-3-4-6-17-31-33)21-10-14-24(15-11-21)34-18-16-25-20(2)35-26(32-25)22-8-12-23(13-9-22)27(28,29)30/h3-15,31,33H,16-18H2,1-2H3/b5-3+,6-4+,19-7+. The molecule has 0 saturated heterocycles. The first kappa shape index (κ1) is 26.0. The summed E-state index contributed by atoms with van der Waals surface area (Å²) in [6, 6.07) is 12.5. The van der Waals surface area contributed by atoms with E-state index in [1.807, 2.05) is 55.5 Å². The molecule has 3 rings (SSSR count). The van der Waals surface area contributed by atoms with Crippen molar-refractivity contribution in [1.82, 2.24) is 10.5 Å². The fraction of sp³-hybridized carbons (Fsp3) is 0.222. The van der Waals surface area contributed by atoms with Crippen LogP contribution in [0.15, 0.2) is 83.3 Å². The van der Waals surface area contributed by atoms with Gasteiger partial charge in [0.25, 0.3) is 0 Å². The van der Waals surface area contributed by atoms with E-state index in [1.54, 1.807) is 13.0 Å². The van der Waals surface area contributed by atoms with Crippen LogP contribution in [-0.2, 0) is 12.6 Å². The van der Waals surface area contributed by atoms with Crippen molar-refractivity contribution in [2.75, 3.05) is 13.2 Å². The number of benzene rings is 2. The second-order valence-electron chi connectivity index (χ2n) is 7.74. The minimum absolute atomic E-state index is 0.285. The SMILES string of the molecule is C\C(=C/C=C/C=C/CNO)c1ccc(OCCc2nc(-c3ccc(C(F)(F)F)cc3)oc2C)cc1. The molecule has 0 unspecified atom stereocenters. The molecule has 0 aliphatic carbocycles. The predicted octanol–water partition coefficient (Wildman–Crippen LogP) is 6.78. The first-order chi connectivity index (χ1) is 16.8. The second-order valence-corrected chi connectivity index (χ2v) is 7.74. The normalized spacial score (nSPS) is 12.7. The average molecular weight is 485 g/mol. The van der Waals surface area contributed by atoms with Crippen molar-refractivity contribution in [3.63, 3.8) is 0 Å². The molecule has 5 nitrogen and oxygen atoms in total. The number of alkyl halides is 3.